The maximum atomic E-state index is 12.2. The summed E-state index contributed by atoms with van der Waals surface area (Å²) in [7, 11) is 1.74. The number of aromatic nitrogens is 1. The third kappa shape index (κ3) is 2.60. The molecule has 0 radical (unpaired) electrons. The number of aryl methyl sites for hydroxylation is 2. The van der Waals surface area contributed by atoms with Gasteiger partial charge in [0.25, 0.3) is 5.91 Å². The molecule has 0 aliphatic carbocycles. The van der Waals surface area contributed by atoms with Crippen LogP contribution in [0.25, 0.3) is 10.2 Å². The highest BCUT2D eigenvalue weighted by Gasteiger charge is 2.08. The first-order valence-electron chi connectivity index (χ1n) is 6.52. The van der Waals surface area contributed by atoms with Gasteiger partial charge in [-0.25, -0.2) is 0 Å². The van der Waals surface area contributed by atoms with Crippen LogP contribution in [0.2, 0.25) is 0 Å². The molecule has 106 valence electrons. The molecule has 3 rings (SSSR count). The van der Waals surface area contributed by atoms with Crippen LogP contribution in [-0.4, -0.2) is 10.5 Å². The molecule has 1 N–H and O–H groups in total. The number of fused-ring (bicyclic) bond motifs is 1. The molecular formula is C16H14N2O2S. The van der Waals surface area contributed by atoms with Crippen molar-refractivity contribution >= 4 is 33.1 Å². The average Bonchev–Trinajstić information content (AvgIpc) is 2.73. The Labute approximate surface area is 125 Å². The molecule has 0 unspecified atom stereocenters. The summed E-state index contributed by atoms with van der Waals surface area (Å²) in [6, 6.07) is 12.9. The number of carbonyl (C=O) groups is 1. The number of carbonyl (C=O) groups excluding carboxylic acids is 1. The molecule has 3 aromatic rings. The lowest BCUT2D eigenvalue weighted by atomic mass is 10.1. The van der Waals surface area contributed by atoms with Gasteiger partial charge < -0.3 is 9.88 Å². The number of rotatable bonds is 2. The molecule has 0 saturated heterocycles. The van der Waals surface area contributed by atoms with E-state index >= 15 is 0 Å². The zero-order valence-electron chi connectivity index (χ0n) is 11.7. The van der Waals surface area contributed by atoms with Crippen molar-refractivity contribution in [3.63, 3.8) is 0 Å². The lowest BCUT2D eigenvalue weighted by molar-refractivity contribution is 0.102. The molecule has 0 bridgehead atoms. The number of amides is 1. The molecule has 0 aliphatic heterocycles. The Hall–Kier alpha value is -2.40. The van der Waals surface area contributed by atoms with Crippen LogP contribution in [-0.2, 0) is 7.05 Å². The summed E-state index contributed by atoms with van der Waals surface area (Å²) in [5.74, 6) is -0.152. The van der Waals surface area contributed by atoms with Gasteiger partial charge in [-0.15, -0.1) is 0 Å². The van der Waals surface area contributed by atoms with Gasteiger partial charge in [-0.1, -0.05) is 29.0 Å². The van der Waals surface area contributed by atoms with Crippen LogP contribution >= 0.6 is 11.3 Å². The fourth-order valence-electron chi connectivity index (χ4n) is 2.20. The Morgan fingerprint density at radius 2 is 2.00 bits per heavy atom. The second-order valence-corrected chi connectivity index (χ2v) is 5.93. The average molecular weight is 298 g/mol. The summed E-state index contributed by atoms with van der Waals surface area (Å²) in [6.45, 7) is 1.95. The first-order valence-corrected chi connectivity index (χ1v) is 7.34. The summed E-state index contributed by atoms with van der Waals surface area (Å²) < 4.78 is 2.47. The van der Waals surface area contributed by atoms with Crippen LogP contribution in [0.1, 0.15) is 15.9 Å². The van der Waals surface area contributed by atoms with E-state index in [0.717, 1.165) is 15.8 Å². The minimum absolute atomic E-state index is 0.00726. The first-order chi connectivity index (χ1) is 10.0. The van der Waals surface area contributed by atoms with Gasteiger partial charge in [0.2, 0.25) is 0 Å². The molecule has 2 aromatic carbocycles. The number of hydrogen-bond acceptors (Lipinski definition) is 3. The predicted octanol–water partition coefficient (Wildman–Crippen LogP) is 3.16. The lowest BCUT2D eigenvalue weighted by Crippen LogP contribution is -2.11. The number of thiazole rings is 1. The van der Waals surface area contributed by atoms with Gasteiger partial charge in [-0.3, -0.25) is 9.59 Å². The van der Waals surface area contributed by atoms with Crippen molar-refractivity contribution in [3.05, 3.63) is 63.3 Å². The largest absolute Gasteiger partial charge is 0.322 e. The topological polar surface area (TPSA) is 51.1 Å². The second-order valence-electron chi connectivity index (χ2n) is 4.93. The van der Waals surface area contributed by atoms with E-state index in [0.29, 0.717) is 11.3 Å². The quantitative estimate of drug-likeness (QED) is 0.790. The molecule has 1 aromatic heterocycles. The van der Waals surface area contributed by atoms with Crippen molar-refractivity contribution in [1.82, 2.24) is 4.57 Å². The van der Waals surface area contributed by atoms with Crippen LogP contribution in [0.15, 0.2) is 47.3 Å². The summed E-state index contributed by atoms with van der Waals surface area (Å²) in [6.07, 6.45) is 0. The molecule has 21 heavy (non-hydrogen) atoms. The van der Waals surface area contributed by atoms with Crippen LogP contribution in [0.3, 0.4) is 0 Å². The van der Waals surface area contributed by atoms with Crippen LogP contribution in [0.4, 0.5) is 5.69 Å². The van der Waals surface area contributed by atoms with Gasteiger partial charge in [-0.2, -0.15) is 0 Å². The maximum absolute atomic E-state index is 12.2. The summed E-state index contributed by atoms with van der Waals surface area (Å²) in [5, 5.41) is 2.86. The van der Waals surface area contributed by atoms with Gasteiger partial charge in [0, 0.05) is 18.3 Å². The fourth-order valence-corrected chi connectivity index (χ4v) is 3.12. The highest BCUT2D eigenvalue weighted by atomic mass is 32.1. The van der Waals surface area contributed by atoms with Crippen LogP contribution < -0.4 is 10.2 Å². The zero-order chi connectivity index (χ0) is 15.0. The molecule has 0 atom stereocenters. The third-order valence-corrected chi connectivity index (χ3v) is 4.33. The van der Waals surface area contributed by atoms with Crippen molar-refractivity contribution in [2.24, 2.45) is 7.05 Å². The molecule has 1 amide bonds. The van der Waals surface area contributed by atoms with Crippen LogP contribution in [0.5, 0.6) is 0 Å². The summed E-state index contributed by atoms with van der Waals surface area (Å²) in [5.41, 5.74) is 3.23. The molecule has 0 fully saturated rings. The molecule has 0 aliphatic rings. The first kappa shape index (κ1) is 13.6. The van der Waals surface area contributed by atoms with Gasteiger partial charge >= 0.3 is 4.87 Å². The maximum Gasteiger partial charge on any atom is 0.307 e. The SMILES string of the molecule is Cc1cccc(C(=O)Nc2ccc3c(c2)sc(=O)n3C)c1. The van der Waals surface area contributed by atoms with Crippen molar-refractivity contribution in [2.45, 2.75) is 6.92 Å². The Morgan fingerprint density at radius 1 is 1.19 bits per heavy atom. The number of benzene rings is 2. The van der Waals surface area contributed by atoms with Crippen molar-refractivity contribution in [3.8, 4) is 0 Å². The van der Waals surface area contributed by atoms with Gasteiger partial charge in [0.1, 0.15) is 0 Å². The molecule has 5 heteroatoms. The summed E-state index contributed by atoms with van der Waals surface area (Å²) >= 11 is 1.17. The predicted molar refractivity (Wildman–Crippen MR) is 86.2 cm³/mol. The van der Waals surface area contributed by atoms with E-state index < -0.39 is 0 Å². The number of nitrogens with zero attached hydrogens (tertiary/aromatic N) is 1. The van der Waals surface area contributed by atoms with Gasteiger partial charge in [0.15, 0.2) is 0 Å². The fraction of sp³-hybridized carbons (Fsp3) is 0.125. The third-order valence-electron chi connectivity index (χ3n) is 3.33. The van der Waals surface area contributed by atoms with Crippen molar-refractivity contribution < 1.29 is 4.79 Å². The van der Waals surface area contributed by atoms with E-state index in [1.54, 1.807) is 17.7 Å². The molecule has 0 saturated carbocycles. The lowest BCUT2D eigenvalue weighted by Gasteiger charge is -2.06. The van der Waals surface area contributed by atoms with E-state index in [-0.39, 0.29) is 10.8 Å². The minimum Gasteiger partial charge on any atom is -0.322 e. The molecule has 0 spiro atoms. The van der Waals surface area contributed by atoms with Gasteiger partial charge in [0.05, 0.1) is 10.2 Å². The smallest absolute Gasteiger partial charge is 0.307 e. The molecular weight excluding hydrogens is 284 g/mol. The van der Waals surface area contributed by atoms with E-state index in [4.69, 9.17) is 0 Å². The molecule has 1 heterocycles. The Balaban J connectivity index is 1.91. The van der Waals surface area contributed by atoms with Crippen LogP contribution in [0, 0.1) is 6.92 Å². The second kappa shape index (κ2) is 5.18. The highest BCUT2D eigenvalue weighted by Crippen LogP contribution is 2.21. The minimum atomic E-state index is -0.152. The Bertz CT molecular complexity index is 893. The van der Waals surface area contributed by atoms with Crippen molar-refractivity contribution in [1.29, 1.82) is 0 Å². The number of nitrogens with one attached hydrogen (secondary N) is 1. The van der Waals surface area contributed by atoms with E-state index in [9.17, 15) is 9.59 Å². The van der Waals surface area contributed by atoms with E-state index in [2.05, 4.69) is 5.32 Å². The van der Waals surface area contributed by atoms with Crippen molar-refractivity contribution in [2.75, 3.05) is 5.32 Å². The van der Waals surface area contributed by atoms with Gasteiger partial charge in [-0.05, 0) is 37.3 Å². The van der Waals surface area contributed by atoms with E-state index in [1.807, 2.05) is 43.3 Å². The Kier molecular flexibility index (Phi) is 3.35. The highest BCUT2D eigenvalue weighted by molar-refractivity contribution is 7.16. The molecule has 4 nitrogen and oxygen atoms in total. The number of hydrogen-bond donors (Lipinski definition) is 1. The zero-order valence-corrected chi connectivity index (χ0v) is 12.5. The monoisotopic (exact) mass is 298 g/mol. The summed E-state index contributed by atoms with van der Waals surface area (Å²) in [4.78, 5) is 23.8. The normalized spacial score (nSPS) is 10.8. The standard InChI is InChI=1S/C16H14N2O2S/c1-10-4-3-5-11(8-10)15(19)17-12-6-7-13-14(9-12)21-16(20)18(13)2/h3-9H,1-2H3,(H,17,19). The van der Waals surface area contributed by atoms with E-state index in [1.165, 1.54) is 11.3 Å². The Morgan fingerprint density at radius 3 is 2.76 bits per heavy atom. The number of anilines is 1.